The van der Waals surface area contributed by atoms with Crippen molar-refractivity contribution in [3.8, 4) is 6.07 Å². The minimum Gasteiger partial charge on any atom is -0.354 e. The van der Waals surface area contributed by atoms with Gasteiger partial charge in [0.15, 0.2) is 0 Å². The second-order valence-corrected chi connectivity index (χ2v) is 7.43. The number of nitrogens with one attached hydrogen (secondary N) is 3. The van der Waals surface area contributed by atoms with Crippen molar-refractivity contribution < 1.29 is 14.0 Å². The number of hydrogen-bond donors (Lipinski definition) is 3. The van der Waals surface area contributed by atoms with E-state index in [4.69, 9.17) is 0 Å². The maximum absolute atomic E-state index is 14.6. The molecule has 1 saturated carbocycles. The number of para-hydroxylation sites is 1. The van der Waals surface area contributed by atoms with Gasteiger partial charge in [0.2, 0.25) is 5.91 Å². The first-order valence-electron chi connectivity index (χ1n) is 9.91. The molecule has 0 spiro atoms. The predicted octanol–water partition coefficient (Wildman–Crippen LogP) is 2.81. The van der Waals surface area contributed by atoms with E-state index in [0.717, 1.165) is 0 Å². The highest BCUT2D eigenvalue weighted by Crippen LogP contribution is 2.36. The van der Waals surface area contributed by atoms with E-state index in [1.807, 2.05) is 0 Å². The summed E-state index contributed by atoms with van der Waals surface area (Å²) in [6.07, 6.45) is 5.06. The number of halogens is 1. The smallest absolute Gasteiger partial charge is 0.255 e. The Kier molecular flexibility index (Phi) is 5.77. The lowest BCUT2D eigenvalue weighted by atomic mass is 10.1. The molecule has 0 aliphatic heterocycles. The van der Waals surface area contributed by atoms with Crippen molar-refractivity contribution >= 4 is 23.2 Å². The van der Waals surface area contributed by atoms with Gasteiger partial charge in [0, 0.05) is 30.2 Å². The van der Waals surface area contributed by atoms with Crippen LogP contribution >= 0.6 is 0 Å². The number of amides is 2. The molecule has 8 nitrogen and oxygen atoms in total. The van der Waals surface area contributed by atoms with Gasteiger partial charge in [-0.1, -0.05) is 18.2 Å². The van der Waals surface area contributed by atoms with Gasteiger partial charge in [0.05, 0.1) is 16.8 Å². The van der Waals surface area contributed by atoms with Crippen LogP contribution < -0.4 is 16.0 Å². The number of aromatic nitrogens is 2. The lowest BCUT2D eigenvalue weighted by Crippen LogP contribution is -2.48. The molecule has 2 aromatic carbocycles. The number of carbonyl (C=O) groups excluding carboxylic acids is 2. The summed E-state index contributed by atoms with van der Waals surface area (Å²) in [6, 6.07) is 13.5. The minimum atomic E-state index is -0.994. The van der Waals surface area contributed by atoms with Gasteiger partial charge in [-0.05, 0) is 37.1 Å². The standard InChI is InChI=1S/C23H19FN6O2/c24-19-9-18(29-20-4-2-1-3-15(20)10-25)6-5-16(19)13-28-22(32)23(7-8-23)30-21(31)17-11-26-14-27-12-17/h1-6,9,11-12,14,29H,7-8,13H2,(H,28,32)(H,30,31). The first-order chi connectivity index (χ1) is 15.5. The molecule has 0 bridgehead atoms. The van der Waals surface area contributed by atoms with Crippen LogP contribution in [0, 0.1) is 17.1 Å². The van der Waals surface area contributed by atoms with Gasteiger partial charge in [-0.2, -0.15) is 5.26 Å². The Morgan fingerprint density at radius 3 is 2.56 bits per heavy atom. The minimum absolute atomic E-state index is 0.0220. The fourth-order valence-corrected chi connectivity index (χ4v) is 3.20. The lowest BCUT2D eigenvalue weighted by molar-refractivity contribution is -0.124. The van der Waals surface area contributed by atoms with E-state index in [1.165, 1.54) is 24.8 Å². The highest BCUT2D eigenvalue weighted by atomic mass is 19.1. The van der Waals surface area contributed by atoms with Crippen LogP contribution in [0.3, 0.4) is 0 Å². The maximum Gasteiger partial charge on any atom is 0.255 e. The first kappa shape index (κ1) is 20.9. The quantitative estimate of drug-likeness (QED) is 0.530. The SMILES string of the molecule is N#Cc1ccccc1Nc1ccc(CNC(=O)C2(NC(=O)c3cncnc3)CC2)c(F)c1. The third kappa shape index (κ3) is 4.54. The average Bonchev–Trinajstić information content (AvgIpc) is 3.60. The third-order valence-electron chi connectivity index (χ3n) is 5.18. The Balaban J connectivity index is 1.37. The Hall–Kier alpha value is -4.32. The second kappa shape index (κ2) is 8.81. The van der Waals surface area contributed by atoms with Crippen LogP contribution in [0.2, 0.25) is 0 Å². The van der Waals surface area contributed by atoms with E-state index in [0.29, 0.717) is 35.3 Å². The number of hydrogen-bond acceptors (Lipinski definition) is 6. The third-order valence-corrected chi connectivity index (χ3v) is 5.18. The molecule has 0 radical (unpaired) electrons. The Morgan fingerprint density at radius 1 is 1.12 bits per heavy atom. The maximum atomic E-state index is 14.6. The van der Waals surface area contributed by atoms with Gasteiger partial charge in [-0.25, -0.2) is 14.4 Å². The van der Waals surface area contributed by atoms with E-state index < -0.39 is 17.3 Å². The highest BCUT2D eigenvalue weighted by Gasteiger charge is 2.51. The van der Waals surface area contributed by atoms with Crippen molar-refractivity contribution in [1.82, 2.24) is 20.6 Å². The number of carbonyl (C=O) groups is 2. The monoisotopic (exact) mass is 430 g/mol. The fourth-order valence-electron chi connectivity index (χ4n) is 3.20. The van der Waals surface area contributed by atoms with Crippen molar-refractivity contribution in [2.75, 3.05) is 5.32 Å². The van der Waals surface area contributed by atoms with Crippen molar-refractivity contribution in [3.63, 3.8) is 0 Å². The number of rotatable bonds is 7. The fraction of sp³-hybridized carbons (Fsp3) is 0.174. The Bertz CT molecular complexity index is 1200. The predicted molar refractivity (Wildman–Crippen MR) is 114 cm³/mol. The van der Waals surface area contributed by atoms with Crippen LogP contribution in [0.1, 0.15) is 34.3 Å². The molecular formula is C23H19FN6O2. The van der Waals surface area contributed by atoms with Gasteiger partial charge < -0.3 is 16.0 Å². The van der Waals surface area contributed by atoms with Crippen LogP contribution in [0.4, 0.5) is 15.8 Å². The number of benzene rings is 2. The van der Waals surface area contributed by atoms with Crippen LogP contribution in [-0.2, 0) is 11.3 Å². The number of nitriles is 1. The highest BCUT2D eigenvalue weighted by molar-refractivity contribution is 6.00. The number of nitrogens with zero attached hydrogens (tertiary/aromatic N) is 3. The van der Waals surface area contributed by atoms with Crippen molar-refractivity contribution in [2.24, 2.45) is 0 Å². The Labute approximate surface area is 183 Å². The van der Waals surface area contributed by atoms with Crippen molar-refractivity contribution in [1.29, 1.82) is 5.26 Å². The summed E-state index contributed by atoms with van der Waals surface area (Å²) in [5.41, 5.74) is 1.08. The summed E-state index contributed by atoms with van der Waals surface area (Å²) < 4.78 is 14.6. The van der Waals surface area contributed by atoms with Crippen LogP contribution in [0.5, 0.6) is 0 Å². The zero-order valence-corrected chi connectivity index (χ0v) is 16.9. The first-order valence-corrected chi connectivity index (χ1v) is 9.91. The van der Waals surface area contributed by atoms with Gasteiger partial charge >= 0.3 is 0 Å². The molecule has 1 fully saturated rings. The summed E-state index contributed by atoms with van der Waals surface area (Å²) in [5, 5.41) is 17.6. The van der Waals surface area contributed by atoms with Gasteiger partial charge in [0.25, 0.3) is 5.91 Å². The summed E-state index contributed by atoms with van der Waals surface area (Å²) in [4.78, 5) is 32.5. The topological polar surface area (TPSA) is 120 Å². The van der Waals surface area contributed by atoms with E-state index in [-0.39, 0.29) is 18.0 Å². The summed E-state index contributed by atoms with van der Waals surface area (Å²) >= 11 is 0. The van der Waals surface area contributed by atoms with Crippen molar-refractivity contribution in [2.45, 2.75) is 24.9 Å². The molecule has 32 heavy (non-hydrogen) atoms. The Morgan fingerprint density at radius 2 is 1.88 bits per heavy atom. The lowest BCUT2D eigenvalue weighted by Gasteiger charge is -2.17. The van der Waals surface area contributed by atoms with Gasteiger partial charge in [-0.15, -0.1) is 0 Å². The summed E-state index contributed by atoms with van der Waals surface area (Å²) in [6.45, 7) is -0.0220. The van der Waals surface area contributed by atoms with E-state index >= 15 is 0 Å². The number of anilines is 2. The molecule has 4 rings (SSSR count). The van der Waals surface area contributed by atoms with E-state index in [2.05, 4.69) is 32.0 Å². The molecule has 160 valence electrons. The largest absolute Gasteiger partial charge is 0.354 e. The van der Waals surface area contributed by atoms with E-state index in [9.17, 15) is 19.2 Å². The normalized spacial score (nSPS) is 13.5. The zero-order valence-electron chi connectivity index (χ0n) is 16.9. The molecule has 2 amide bonds. The zero-order chi connectivity index (χ0) is 22.6. The van der Waals surface area contributed by atoms with E-state index in [1.54, 1.807) is 36.4 Å². The molecule has 1 aromatic heterocycles. The molecule has 0 atom stereocenters. The van der Waals surface area contributed by atoms with Crippen LogP contribution in [0.15, 0.2) is 61.2 Å². The molecule has 3 aromatic rings. The van der Waals surface area contributed by atoms with Gasteiger partial charge in [-0.3, -0.25) is 9.59 Å². The van der Waals surface area contributed by atoms with Crippen molar-refractivity contribution in [3.05, 3.63) is 83.7 Å². The molecule has 0 unspecified atom stereocenters. The molecule has 3 N–H and O–H groups in total. The van der Waals surface area contributed by atoms with Crippen LogP contribution in [-0.4, -0.2) is 27.3 Å². The van der Waals surface area contributed by atoms with Gasteiger partial charge in [0.1, 0.15) is 23.8 Å². The van der Waals surface area contributed by atoms with Crippen LogP contribution in [0.25, 0.3) is 0 Å². The average molecular weight is 430 g/mol. The summed E-state index contributed by atoms with van der Waals surface area (Å²) in [5.74, 6) is -1.30. The molecule has 0 saturated heterocycles. The summed E-state index contributed by atoms with van der Waals surface area (Å²) in [7, 11) is 0. The molecule has 1 heterocycles. The second-order valence-electron chi connectivity index (χ2n) is 7.43. The molecular weight excluding hydrogens is 411 g/mol. The molecule has 1 aliphatic carbocycles. The molecule has 9 heteroatoms. The molecule has 1 aliphatic rings.